The molecule has 0 radical (unpaired) electrons. The highest BCUT2D eigenvalue weighted by atomic mass is 35.5. The van der Waals surface area contributed by atoms with Crippen LogP contribution in [0, 0.1) is 6.92 Å². The number of ether oxygens (including phenoxy) is 2. The number of nitrogens with one attached hydrogen (secondary N) is 2. The molecular formula is C25H19ClN4O4. The van der Waals surface area contributed by atoms with Gasteiger partial charge in [0, 0.05) is 22.2 Å². The molecule has 170 valence electrons. The van der Waals surface area contributed by atoms with Crippen molar-refractivity contribution in [2.75, 3.05) is 23.8 Å². The molecule has 4 aromatic rings. The first-order valence-electron chi connectivity index (χ1n) is 10.5. The number of aryl methyl sites for hydroxylation is 1. The Hall–Kier alpha value is -4.17. The molecule has 1 aliphatic rings. The summed E-state index contributed by atoms with van der Waals surface area (Å²) in [7, 11) is 0. The van der Waals surface area contributed by atoms with Crippen molar-refractivity contribution in [1.29, 1.82) is 0 Å². The number of carbonyl (C=O) groups excluding carboxylic acids is 2. The molecular weight excluding hydrogens is 456 g/mol. The van der Waals surface area contributed by atoms with Gasteiger partial charge in [0.2, 0.25) is 0 Å². The van der Waals surface area contributed by atoms with Crippen LogP contribution < -0.4 is 20.1 Å². The van der Waals surface area contributed by atoms with Gasteiger partial charge in [-0.15, -0.1) is 0 Å². The van der Waals surface area contributed by atoms with Crippen LogP contribution in [0.2, 0.25) is 5.15 Å². The minimum absolute atomic E-state index is 0.320. The highest BCUT2D eigenvalue weighted by Gasteiger charge is 2.17. The predicted molar refractivity (Wildman–Crippen MR) is 129 cm³/mol. The molecule has 2 amide bonds. The van der Waals surface area contributed by atoms with Crippen molar-refractivity contribution in [1.82, 2.24) is 9.97 Å². The third-order valence-electron chi connectivity index (χ3n) is 5.31. The Labute approximate surface area is 199 Å². The first kappa shape index (κ1) is 21.7. The number of benzene rings is 2. The standard InChI is InChI=1S/C25H19ClN4O4/c1-14-2-3-16(25(32)30-22-9-6-15-5-8-21(26)28-23(15)29-22)12-18(14)27-24(31)17-4-7-19-20(13-17)34-11-10-33-19/h2-9,12-13H,10-11H2,1H3,(H,27,31)(H,28,29,30,32). The number of amides is 2. The predicted octanol–water partition coefficient (Wildman–Crippen LogP) is 4.87. The van der Waals surface area contributed by atoms with E-state index in [1.807, 2.05) is 6.92 Å². The SMILES string of the molecule is Cc1ccc(C(=O)Nc2ccc3ccc(Cl)nc3n2)cc1NC(=O)c1ccc2c(c1)OCCO2. The molecule has 0 fully saturated rings. The van der Waals surface area contributed by atoms with Gasteiger partial charge >= 0.3 is 0 Å². The highest BCUT2D eigenvalue weighted by molar-refractivity contribution is 6.29. The van der Waals surface area contributed by atoms with Gasteiger partial charge in [-0.05, 0) is 67.1 Å². The van der Waals surface area contributed by atoms with E-state index in [4.69, 9.17) is 21.1 Å². The lowest BCUT2D eigenvalue weighted by atomic mass is 10.1. The minimum Gasteiger partial charge on any atom is -0.486 e. The molecule has 0 saturated heterocycles. The van der Waals surface area contributed by atoms with Crippen molar-refractivity contribution in [2.24, 2.45) is 0 Å². The number of hydrogen-bond donors (Lipinski definition) is 2. The number of fused-ring (bicyclic) bond motifs is 2. The van der Waals surface area contributed by atoms with Crippen LogP contribution in [0.15, 0.2) is 60.7 Å². The largest absolute Gasteiger partial charge is 0.486 e. The summed E-state index contributed by atoms with van der Waals surface area (Å²) in [6.45, 7) is 2.76. The Kier molecular flexibility index (Phi) is 5.73. The van der Waals surface area contributed by atoms with Crippen LogP contribution in [0.5, 0.6) is 11.5 Å². The van der Waals surface area contributed by atoms with Gasteiger partial charge in [0.05, 0.1) is 0 Å². The first-order chi connectivity index (χ1) is 16.5. The normalized spacial score (nSPS) is 12.3. The number of nitrogens with zero attached hydrogens (tertiary/aromatic N) is 2. The first-order valence-corrected chi connectivity index (χ1v) is 10.9. The van der Waals surface area contributed by atoms with Crippen LogP contribution in [0.4, 0.5) is 11.5 Å². The van der Waals surface area contributed by atoms with Crippen molar-refractivity contribution in [2.45, 2.75) is 6.92 Å². The van der Waals surface area contributed by atoms with Crippen LogP contribution in [-0.2, 0) is 0 Å². The lowest BCUT2D eigenvalue weighted by Gasteiger charge is -2.19. The zero-order valence-corrected chi connectivity index (χ0v) is 18.8. The van der Waals surface area contributed by atoms with E-state index in [1.165, 1.54) is 0 Å². The lowest BCUT2D eigenvalue weighted by Crippen LogP contribution is -2.18. The van der Waals surface area contributed by atoms with Crippen molar-refractivity contribution in [3.05, 3.63) is 82.5 Å². The topological polar surface area (TPSA) is 102 Å². The molecule has 0 unspecified atom stereocenters. The summed E-state index contributed by atoms with van der Waals surface area (Å²) in [4.78, 5) is 34.2. The number of anilines is 2. The Morgan fingerprint density at radius 3 is 2.38 bits per heavy atom. The van der Waals surface area contributed by atoms with Crippen LogP contribution >= 0.6 is 11.6 Å². The number of pyridine rings is 2. The molecule has 0 saturated carbocycles. The van der Waals surface area contributed by atoms with Crippen molar-refractivity contribution in [3.63, 3.8) is 0 Å². The second-order valence-corrected chi connectivity index (χ2v) is 8.06. The second kappa shape index (κ2) is 8.99. The molecule has 3 heterocycles. The molecule has 1 aliphatic heterocycles. The van der Waals surface area contributed by atoms with Gasteiger partial charge in [-0.2, -0.15) is 0 Å². The molecule has 9 heteroatoms. The molecule has 8 nitrogen and oxygen atoms in total. The zero-order chi connectivity index (χ0) is 23.7. The summed E-state index contributed by atoms with van der Waals surface area (Å²) in [6, 6.07) is 17.1. The summed E-state index contributed by atoms with van der Waals surface area (Å²) < 4.78 is 11.1. The van der Waals surface area contributed by atoms with Crippen molar-refractivity contribution < 1.29 is 19.1 Å². The molecule has 0 aliphatic carbocycles. The van der Waals surface area contributed by atoms with Crippen molar-refractivity contribution >= 4 is 46.0 Å². The number of carbonyl (C=O) groups is 2. The van der Waals surface area contributed by atoms with Gasteiger partial charge in [0.1, 0.15) is 24.2 Å². The monoisotopic (exact) mass is 474 g/mol. The lowest BCUT2D eigenvalue weighted by molar-refractivity contribution is 0.101. The quantitative estimate of drug-likeness (QED) is 0.409. The average molecular weight is 475 g/mol. The summed E-state index contributed by atoms with van der Waals surface area (Å²) in [6.07, 6.45) is 0. The van der Waals surface area contributed by atoms with Gasteiger partial charge in [-0.25, -0.2) is 9.97 Å². The van der Waals surface area contributed by atoms with Crippen LogP contribution in [-0.4, -0.2) is 35.0 Å². The van der Waals surface area contributed by atoms with Crippen LogP contribution in [0.25, 0.3) is 11.0 Å². The summed E-state index contributed by atoms with van der Waals surface area (Å²) in [5.41, 5.74) is 2.55. The van der Waals surface area contributed by atoms with E-state index < -0.39 is 0 Å². The highest BCUT2D eigenvalue weighted by Crippen LogP contribution is 2.31. The van der Waals surface area contributed by atoms with Crippen LogP contribution in [0.1, 0.15) is 26.3 Å². The number of hydrogen-bond acceptors (Lipinski definition) is 6. The summed E-state index contributed by atoms with van der Waals surface area (Å²) >= 11 is 5.94. The fourth-order valence-electron chi connectivity index (χ4n) is 3.51. The van der Waals surface area contributed by atoms with E-state index in [9.17, 15) is 9.59 Å². The Balaban J connectivity index is 1.34. The van der Waals surface area contributed by atoms with Gasteiger partial charge in [0.25, 0.3) is 11.8 Å². The van der Waals surface area contributed by atoms with E-state index in [0.717, 1.165) is 10.9 Å². The molecule has 34 heavy (non-hydrogen) atoms. The van der Waals surface area contributed by atoms with E-state index >= 15 is 0 Å². The maximum atomic E-state index is 12.9. The third kappa shape index (κ3) is 4.49. The van der Waals surface area contributed by atoms with Crippen LogP contribution in [0.3, 0.4) is 0 Å². The van der Waals surface area contributed by atoms with Gasteiger partial charge in [-0.3, -0.25) is 9.59 Å². The molecule has 2 aromatic heterocycles. The molecule has 0 atom stereocenters. The Bertz CT molecular complexity index is 1440. The fourth-order valence-corrected chi connectivity index (χ4v) is 3.65. The van der Waals surface area contributed by atoms with Gasteiger partial charge < -0.3 is 20.1 Å². The minimum atomic E-state index is -0.372. The summed E-state index contributed by atoms with van der Waals surface area (Å²) in [5.74, 6) is 0.787. The maximum absolute atomic E-state index is 12.9. The molecule has 2 aromatic carbocycles. The number of aromatic nitrogens is 2. The second-order valence-electron chi connectivity index (χ2n) is 7.67. The third-order valence-corrected chi connectivity index (χ3v) is 5.52. The van der Waals surface area contributed by atoms with E-state index in [2.05, 4.69) is 20.6 Å². The Morgan fingerprint density at radius 2 is 1.53 bits per heavy atom. The molecule has 0 bridgehead atoms. The smallest absolute Gasteiger partial charge is 0.256 e. The van der Waals surface area contributed by atoms with E-state index in [0.29, 0.717) is 58.1 Å². The van der Waals surface area contributed by atoms with E-state index in [1.54, 1.807) is 60.7 Å². The zero-order valence-electron chi connectivity index (χ0n) is 18.1. The van der Waals surface area contributed by atoms with Gasteiger partial charge in [0.15, 0.2) is 17.1 Å². The molecule has 0 spiro atoms. The summed E-state index contributed by atoms with van der Waals surface area (Å²) in [5, 5.41) is 6.75. The van der Waals surface area contributed by atoms with E-state index in [-0.39, 0.29) is 11.8 Å². The maximum Gasteiger partial charge on any atom is 0.256 e. The molecule has 5 rings (SSSR count). The van der Waals surface area contributed by atoms with Gasteiger partial charge in [-0.1, -0.05) is 17.7 Å². The molecule has 2 N–H and O–H groups in total. The number of halogens is 1. The fraction of sp³-hybridized carbons (Fsp3) is 0.120. The number of rotatable bonds is 4. The van der Waals surface area contributed by atoms with Crippen molar-refractivity contribution in [3.8, 4) is 11.5 Å². The Morgan fingerprint density at radius 1 is 0.824 bits per heavy atom. The average Bonchev–Trinajstić information content (AvgIpc) is 2.84.